The Balaban J connectivity index is 1.70. The minimum Gasteiger partial charge on any atom is -0.406 e. The van der Waals surface area contributed by atoms with Crippen LogP contribution in [0, 0.1) is 0 Å². The molecule has 0 aromatic heterocycles. The lowest BCUT2D eigenvalue weighted by Crippen LogP contribution is -2.42. The van der Waals surface area contributed by atoms with E-state index in [0.717, 1.165) is 12.1 Å². The van der Waals surface area contributed by atoms with Gasteiger partial charge in [0.15, 0.2) is 0 Å². The number of ether oxygens (including phenoxy) is 1. The van der Waals surface area contributed by atoms with Crippen LogP contribution in [0.2, 0.25) is 0 Å². The van der Waals surface area contributed by atoms with Crippen molar-refractivity contribution in [1.29, 1.82) is 0 Å². The summed E-state index contributed by atoms with van der Waals surface area (Å²) in [5.74, 6) is -2.19. The first kappa shape index (κ1) is 24.6. The second-order valence-corrected chi connectivity index (χ2v) is 7.85. The number of nitrogens with zero attached hydrogens (tertiary/aromatic N) is 2. The monoisotopic (exact) mass is 478 g/mol. The zero-order chi connectivity index (χ0) is 25.3. The van der Waals surface area contributed by atoms with Gasteiger partial charge in [0.2, 0.25) is 5.91 Å². The van der Waals surface area contributed by atoms with Crippen molar-refractivity contribution in [3.63, 3.8) is 0 Å². The minimum absolute atomic E-state index is 0.207. The lowest BCUT2D eigenvalue weighted by Gasteiger charge is -2.22. The van der Waals surface area contributed by atoms with Crippen molar-refractivity contribution < 1.29 is 37.1 Å². The predicted molar refractivity (Wildman–Crippen MR) is 114 cm³/mol. The number of urea groups is 1. The van der Waals surface area contributed by atoms with E-state index in [2.05, 4.69) is 15.4 Å². The van der Waals surface area contributed by atoms with Crippen LogP contribution in [0.25, 0.3) is 0 Å². The Morgan fingerprint density at radius 1 is 1.12 bits per heavy atom. The second kappa shape index (κ2) is 9.04. The molecule has 12 heteroatoms. The number of halogens is 3. The van der Waals surface area contributed by atoms with E-state index in [0.29, 0.717) is 16.2 Å². The van der Waals surface area contributed by atoms with Crippen molar-refractivity contribution in [2.24, 2.45) is 0 Å². The molecule has 2 aromatic carbocycles. The quantitative estimate of drug-likeness (QED) is 0.621. The van der Waals surface area contributed by atoms with Crippen LogP contribution in [-0.4, -0.2) is 60.6 Å². The molecule has 9 nitrogen and oxygen atoms in total. The molecule has 1 saturated heterocycles. The fraction of sp³-hybridized carbons (Fsp3) is 0.273. The molecule has 1 aliphatic rings. The van der Waals surface area contributed by atoms with E-state index in [1.165, 1.54) is 30.0 Å². The van der Waals surface area contributed by atoms with Gasteiger partial charge in [-0.05, 0) is 42.8 Å². The first-order valence-electron chi connectivity index (χ1n) is 9.92. The Kier molecular flexibility index (Phi) is 6.53. The van der Waals surface area contributed by atoms with E-state index in [1.807, 2.05) is 0 Å². The average molecular weight is 478 g/mol. The maximum absolute atomic E-state index is 13.0. The Morgan fingerprint density at radius 2 is 1.76 bits per heavy atom. The number of anilines is 1. The number of hydrogen-bond acceptors (Lipinski definition) is 5. The van der Waals surface area contributed by atoms with Crippen molar-refractivity contribution >= 4 is 29.4 Å². The molecule has 0 radical (unpaired) electrons. The molecule has 1 aliphatic heterocycles. The lowest BCUT2D eigenvalue weighted by molar-refractivity contribution is -0.274. The molecule has 1 heterocycles. The summed E-state index contributed by atoms with van der Waals surface area (Å²) in [5, 5.41) is 5.00. The number of hydrogen-bond donors (Lipinski definition) is 2. The fourth-order valence-electron chi connectivity index (χ4n) is 3.36. The molecule has 3 rings (SSSR count). The van der Waals surface area contributed by atoms with Gasteiger partial charge in [-0.25, -0.2) is 4.79 Å². The van der Waals surface area contributed by atoms with Crippen LogP contribution < -0.4 is 15.4 Å². The fourth-order valence-corrected chi connectivity index (χ4v) is 3.36. The first-order chi connectivity index (χ1) is 15.8. The van der Waals surface area contributed by atoms with Gasteiger partial charge in [-0.15, -0.1) is 13.2 Å². The van der Waals surface area contributed by atoms with Gasteiger partial charge < -0.3 is 20.3 Å². The third-order valence-corrected chi connectivity index (χ3v) is 5.04. The molecule has 0 aliphatic carbocycles. The molecule has 34 heavy (non-hydrogen) atoms. The van der Waals surface area contributed by atoms with Crippen molar-refractivity contribution in [3.8, 4) is 5.75 Å². The summed E-state index contributed by atoms with van der Waals surface area (Å²) in [4.78, 5) is 52.0. The van der Waals surface area contributed by atoms with Crippen LogP contribution in [-0.2, 0) is 15.1 Å². The predicted octanol–water partition coefficient (Wildman–Crippen LogP) is 2.69. The normalized spacial score (nSPS) is 17.9. The van der Waals surface area contributed by atoms with Gasteiger partial charge in [0.05, 0.1) is 0 Å². The Morgan fingerprint density at radius 3 is 2.35 bits per heavy atom. The highest BCUT2D eigenvalue weighted by molar-refractivity contribution is 6.10. The minimum atomic E-state index is -4.87. The van der Waals surface area contributed by atoms with Crippen LogP contribution in [0.5, 0.6) is 5.75 Å². The van der Waals surface area contributed by atoms with Crippen LogP contribution in [0.3, 0.4) is 0 Å². The summed E-state index contributed by atoms with van der Waals surface area (Å²) in [6, 6.07) is 9.79. The molecular formula is C22H21F3N4O5. The van der Waals surface area contributed by atoms with Gasteiger partial charge >= 0.3 is 12.4 Å². The van der Waals surface area contributed by atoms with E-state index in [9.17, 15) is 32.3 Å². The molecule has 0 bridgehead atoms. The zero-order valence-electron chi connectivity index (χ0n) is 18.4. The number of amides is 5. The van der Waals surface area contributed by atoms with E-state index in [-0.39, 0.29) is 11.5 Å². The topological polar surface area (TPSA) is 108 Å². The highest BCUT2D eigenvalue weighted by Gasteiger charge is 2.49. The van der Waals surface area contributed by atoms with Crippen molar-refractivity contribution in [2.45, 2.75) is 18.8 Å². The number of carbonyl (C=O) groups is 4. The van der Waals surface area contributed by atoms with Crippen LogP contribution in [0.4, 0.5) is 23.7 Å². The molecule has 5 amide bonds. The molecule has 1 atom stereocenters. The second-order valence-electron chi connectivity index (χ2n) is 7.85. The van der Waals surface area contributed by atoms with Crippen molar-refractivity contribution in [2.75, 3.05) is 26.0 Å². The van der Waals surface area contributed by atoms with Gasteiger partial charge in [0.1, 0.15) is 17.8 Å². The molecule has 0 saturated carbocycles. The third-order valence-electron chi connectivity index (χ3n) is 5.04. The maximum Gasteiger partial charge on any atom is 0.573 e. The zero-order valence-corrected chi connectivity index (χ0v) is 18.4. The number of nitrogens with one attached hydrogen (secondary N) is 2. The number of rotatable bonds is 6. The molecule has 2 N–H and O–H groups in total. The van der Waals surface area contributed by atoms with Gasteiger partial charge in [-0.2, -0.15) is 0 Å². The van der Waals surface area contributed by atoms with E-state index in [1.54, 1.807) is 32.3 Å². The number of alkyl halides is 3. The summed E-state index contributed by atoms with van der Waals surface area (Å²) in [6.07, 6.45) is -4.87. The molecule has 180 valence electrons. The Labute approximate surface area is 192 Å². The van der Waals surface area contributed by atoms with Crippen molar-refractivity contribution in [3.05, 3.63) is 59.7 Å². The van der Waals surface area contributed by atoms with Gasteiger partial charge in [0.25, 0.3) is 11.8 Å². The standard InChI is InChI=1S/C22H21F3N4O5/c1-21(14-7-9-16(10-8-14)34-22(23,24)25)19(32)29(20(33)27-21)12-17(30)26-15-6-4-5-13(11-15)18(31)28(2)3/h4-11H,12H2,1-3H3,(H,26,30)(H,27,33). The van der Waals surface area contributed by atoms with Crippen LogP contribution >= 0.6 is 0 Å². The largest absolute Gasteiger partial charge is 0.573 e. The van der Waals surface area contributed by atoms with Crippen molar-refractivity contribution in [1.82, 2.24) is 15.1 Å². The molecule has 1 fully saturated rings. The SMILES string of the molecule is CN(C)C(=O)c1cccc(NC(=O)CN2C(=O)NC(C)(c3ccc(OC(F)(F)F)cc3)C2=O)c1. The maximum atomic E-state index is 13.0. The summed E-state index contributed by atoms with van der Waals surface area (Å²) in [6.45, 7) is 0.766. The first-order valence-corrected chi connectivity index (χ1v) is 9.92. The third kappa shape index (κ3) is 5.27. The van der Waals surface area contributed by atoms with Crippen LogP contribution in [0.15, 0.2) is 48.5 Å². The Hall–Kier alpha value is -4.09. The molecular weight excluding hydrogens is 457 g/mol. The molecule has 0 spiro atoms. The molecule has 2 aromatic rings. The van der Waals surface area contributed by atoms with E-state index < -0.39 is 42.0 Å². The highest BCUT2D eigenvalue weighted by atomic mass is 19.4. The number of benzene rings is 2. The average Bonchev–Trinajstić information content (AvgIpc) is 2.96. The van der Waals surface area contributed by atoms with Gasteiger partial charge in [0, 0.05) is 25.3 Å². The number of imide groups is 1. The number of carbonyl (C=O) groups excluding carboxylic acids is 4. The summed E-state index contributed by atoms with van der Waals surface area (Å²) >= 11 is 0. The van der Waals surface area contributed by atoms with E-state index >= 15 is 0 Å². The van der Waals surface area contributed by atoms with Gasteiger partial charge in [-0.3, -0.25) is 19.3 Å². The Bertz CT molecular complexity index is 1130. The van der Waals surface area contributed by atoms with E-state index in [4.69, 9.17) is 0 Å². The summed E-state index contributed by atoms with van der Waals surface area (Å²) in [7, 11) is 3.16. The lowest BCUT2D eigenvalue weighted by atomic mass is 9.92. The highest BCUT2D eigenvalue weighted by Crippen LogP contribution is 2.31. The summed E-state index contributed by atoms with van der Waals surface area (Å²) < 4.78 is 40.9. The summed E-state index contributed by atoms with van der Waals surface area (Å²) in [5.41, 5.74) is -0.749. The molecule has 1 unspecified atom stereocenters. The smallest absolute Gasteiger partial charge is 0.406 e. The van der Waals surface area contributed by atoms with Crippen LogP contribution in [0.1, 0.15) is 22.8 Å². The van der Waals surface area contributed by atoms with Gasteiger partial charge in [-0.1, -0.05) is 18.2 Å².